The standard InChI is InChI=1S/C12H11IN4/c13-11-6-16-17(7-11)9-12(15,8-14)10-4-2-1-3-5-10/h1-7H,9,15H2. The van der Waals surface area contributed by atoms with Gasteiger partial charge in [-0.3, -0.25) is 4.68 Å². The summed E-state index contributed by atoms with van der Waals surface area (Å²) in [6.07, 6.45) is 3.60. The molecule has 2 N–H and O–H groups in total. The third-order valence-electron chi connectivity index (χ3n) is 2.50. The first-order chi connectivity index (χ1) is 8.14. The molecule has 1 unspecified atom stereocenters. The van der Waals surface area contributed by atoms with Crippen molar-refractivity contribution < 1.29 is 0 Å². The van der Waals surface area contributed by atoms with Crippen molar-refractivity contribution in [3.8, 4) is 6.07 Å². The Balaban J connectivity index is 2.30. The van der Waals surface area contributed by atoms with Gasteiger partial charge in [0, 0.05) is 6.20 Å². The zero-order valence-corrected chi connectivity index (χ0v) is 11.2. The lowest BCUT2D eigenvalue weighted by Gasteiger charge is -2.21. The summed E-state index contributed by atoms with van der Waals surface area (Å²) in [5.41, 5.74) is 5.89. The van der Waals surface area contributed by atoms with Crippen molar-refractivity contribution in [2.45, 2.75) is 12.1 Å². The van der Waals surface area contributed by atoms with Crippen molar-refractivity contribution in [3.05, 3.63) is 51.9 Å². The maximum absolute atomic E-state index is 9.29. The molecule has 0 saturated heterocycles. The zero-order chi connectivity index (χ0) is 12.3. The summed E-state index contributed by atoms with van der Waals surface area (Å²) in [5, 5.41) is 13.4. The van der Waals surface area contributed by atoms with Crippen molar-refractivity contribution in [3.63, 3.8) is 0 Å². The van der Waals surface area contributed by atoms with Crippen molar-refractivity contribution in [2.24, 2.45) is 5.73 Å². The van der Waals surface area contributed by atoms with E-state index in [4.69, 9.17) is 5.73 Å². The molecule has 0 saturated carbocycles. The number of nitrogens with zero attached hydrogens (tertiary/aromatic N) is 3. The first-order valence-corrected chi connectivity index (χ1v) is 6.15. The fourth-order valence-corrected chi connectivity index (χ4v) is 2.05. The van der Waals surface area contributed by atoms with Gasteiger partial charge >= 0.3 is 0 Å². The van der Waals surface area contributed by atoms with Crippen LogP contribution in [0.3, 0.4) is 0 Å². The van der Waals surface area contributed by atoms with Gasteiger partial charge in [-0.2, -0.15) is 10.4 Å². The van der Waals surface area contributed by atoms with Crippen LogP contribution < -0.4 is 5.73 Å². The molecule has 1 heterocycles. The molecule has 0 aliphatic heterocycles. The van der Waals surface area contributed by atoms with Gasteiger partial charge in [-0.15, -0.1) is 0 Å². The first-order valence-electron chi connectivity index (χ1n) is 5.08. The molecule has 2 aromatic rings. The minimum atomic E-state index is -1.05. The van der Waals surface area contributed by atoms with Gasteiger partial charge < -0.3 is 5.73 Å². The van der Waals surface area contributed by atoms with Crippen molar-refractivity contribution in [2.75, 3.05) is 0 Å². The van der Waals surface area contributed by atoms with Crippen LogP contribution in [0.1, 0.15) is 5.56 Å². The van der Waals surface area contributed by atoms with E-state index in [0.717, 1.165) is 9.13 Å². The Labute approximate surface area is 113 Å². The van der Waals surface area contributed by atoms with Crippen LogP contribution in [0.15, 0.2) is 42.7 Å². The van der Waals surface area contributed by atoms with Gasteiger partial charge in [0.25, 0.3) is 0 Å². The fourth-order valence-electron chi connectivity index (χ4n) is 1.61. The molecular weight excluding hydrogens is 327 g/mol. The molecule has 1 aromatic heterocycles. The number of rotatable bonds is 3. The second-order valence-electron chi connectivity index (χ2n) is 3.81. The number of aromatic nitrogens is 2. The molecule has 0 aliphatic carbocycles. The van der Waals surface area contributed by atoms with Crippen LogP contribution in [0.5, 0.6) is 0 Å². The Morgan fingerprint density at radius 2 is 2.12 bits per heavy atom. The predicted molar refractivity (Wildman–Crippen MR) is 72.9 cm³/mol. The van der Waals surface area contributed by atoms with Crippen molar-refractivity contribution >= 4 is 22.6 Å². The highest BCUT2D eigenvalue weighted by molar-refractivity contribution is 14.1. The van der Waals surface area contributed by atoms with E-state index in [-0.39, 0.29) is 0 Å². The van der Waals surface area contributed by atoms with Gasteiger partial charge in [0.2, 0.25) is 0 Å². The summed E-state index contributed by atoms with van der Waals surface area (Å²) in [6, 6.07) is 11.5. The second kappa shape index (κ2) is 4.85. The Morgan fingerprint density at radius 3 is 2.65 bits per heavy atom. The Bertz CT molecular complexity index is 543. The number of benzene rings is 1. The van der Waals surface area contributed by atoms with Crippen LogP contribution in [0.4, 0.5) is 0 Å². The third-order valence-corrected chi connectivity index (χ3v) is 3.06. The lowest BCUT2D eigenvalue weighted by molar-refractivity contribution is 0.441. The smallest absolute Gasteiger partial charge is 0.149 e. The summed E-state index contributed by atoms with van der Waals surface area (Å²) in [7, 11) is 0. The molecule has 5 heteroatoms. The number of hydrogen-bond donors (Lipinski definition) is 1. The molecule has 0 spiro atoms. The van der Waals surface area contributed by atoms with E-state index in [1.165, 1.54) is 0 Å². The average molecular weight is 338 g/mol. The third kappa shape index (κ3) is 2.65. The quantitative estimate of drug-likeness (QED) is 0.869. The fraction of sp³-hybridized carbons (Fsp3) is 0.167. The summed E-state index contributed by atoms with van der Waals surface area (Å²) < 4.78 is 2.72. The number of hydrogen-bond acceptors (Lipinski definition) is 3. The van der Waals surface area contributed by atoms with E-state index < -0.39 is 5.54 Å². The molecule has 1 atom stereocenters. The maximum Gasteiger partial charge on any atom is 0.149 e. The Kier molecular flexibility index (Phi) is 3.45. The largest absolute Gasteiger partial charge is 0.308 e. The van der Waals surface area contributed by atoms with Gasteiger partial charge in [0.1, 0.15) is 5.54 Å². The van der Waals surface area contributed by atoms with Gasteiger partial charge in [-0.25, -0.2) is 0 Å². The Morgan fingerprint density at radius 1 is 1.41 bits per heavy atom. The summed E-state index contributed by atoms with van der Waals surface area (Å²) in [6.45, 7) is 0.344. The average Bonchev–Trinajstić information content (AvgIpc) is 2.75. The lowest BCUT2D eigenvalue weighted by Crippen LogP contribution is -2.39. The maximum atomic E-state index is 9.29. The van der Waals surface area contributed by atoms with Gasteiger partial charge in [-0.1, -0.05) is 30.3 Å². The first kappa shape index (κ1) is 12.1. The van der Waals surface area contributed by atoms with E-state index >= 15 is 0 Å². The highest BCUT2D eigenvalue weighted by Crippen LogP contribution is 2.19. The van der Waals surface area contributed by atoms with Gasteiger partial charge in [0.15, 0.2) is 0 Å². The van der Waals surface area contributed by atoms with Crippen molar-refractivity contribution in [1.82, 2.24) is 9.78 Å². The summed E-state index contributed by atoms with van der Waals surface area (Å²) in [5.74, 6) is 0. The lowest BCUT2D eigenvalue weighted by atomic mass is 9.93. The summed E-state index contributed by atoms with van der Waals surface area (Å²) >= 11 is 2.17. The molecular formula is C12H11IN4. The second-order valence-corrected chi connectivity index (χ2v) is 5.05. The molecule has 2 rings (SSSR count). The van der Waals surface area contributed by atoms with Crippen LogP contribution in [-0.4, -0.2) is 9.78 Å². The number of nitrogens with two attached hydrogens (primary N) is 1. The monoisotopic (exact) mass is 338 g/mol. The topological polar surface area (TPSA) is 67.6 Å². The van der Waals surface area contributed by atoms with Crippen molar-refractivity contribution in [1.29, 1.82) is 5.26 Å². The van der Waals surface area contributed by atoms with E-state index in [0.29, 0.717) is 6.54 Å². The molecule has 0 radical (unpaired) electrons. The molecule has 4 nitrogen and oxygen atoms in total. The van der Waals surface area contributed by atoms with Crippen LogP contribution >= 0.6 is 22.6 Å². The normalized spacial score (nSPS) is 13.9. The molecule has 0 aliphatic rings. The van der Waals surface area contributed by atoms with Gasteiger partial charge in [-0.05, 0) is 28.2 Å². The summed E-state index contributed by atoms with van der Waals surface area (Å²) in [4.78, 5) is 0. The van der Waals surface area contributed by atoms with Crippen LogP contribution in [0.2, 0.25) is 0 Å². The zero-order valence-electron chi connectivity index (χ0n) is 9.05. The minimum Gasteiger partial charge on any atom is -0.308 e. The van der Waals surface area contributed by atoms with E-state index in [9.17, 15) is 5.26 Å². The number of halogens is 1. The van der Waals surface area contributed by atoms with E-state index in [1.54, 1.807) is 10.9 Å². The van der Waals surface area contributed by atoms with Crippen LogP contribution in [0.25, 0.3) is 0 Å². The molecule has 86 valence electrons. The molecule has 17 heavy (non-hydrogen) atoms. The molecule has 0 bridgehead atoms. The van der Waals surface area contributed by atoms with Crippen LogP contribution in [0, 0.1) is 14.9 Å². The highest BCUT2D eigenvalue weighted by Gasteiger charge is 2.27. The van der Waals surface area contributed by atoms with E-state index in [1.807, 2.05) is 36.5 Å². The highest BCUT2D eigenvalue weighted by atomic mass is 127. The molecule has 1 aromatic carbocycles. The SMILES string of the molecule is N#CC(N)(Cn1cc(I)cn1)c1ccccc1. The predicted octanol–water partition coefficient (Wildman–Crippen LogP) is 1.87. The van der Waals surface area contributed by atoms with E-state index in [2.05, 4.69) is 33.8 Å². The van der Waals surface area contributed by atoms with Crippen LogP contribution in [-0.2, 0) is 12.1 Å². The Hall–Kier alpha value is -1.39. The molecule has 0 fully saturated rings. The number of nitriles is 1. The molecule has 0 amide bonds. The van der Waals surface area contributed by atoms with Gasteiger partial charge in [0.05, 0.1) is 22.4 Å². The minimum absolute atomic E-state index is 0.344.